The van der Waals surface area contributed by atoms with Crippen LogP contribution in [0.1, 0.15) is 26.7 Å². The number of rotatable bonds is 12. The molecule has 1 aliphatic rings. The molecule has 0 radical (unpaired) electrons. The molecule has 0 aliphatic carbocycles. The molecule has 8 heteroatoms. The van der Waals surface area contributed by atoms with Crippen molar-refractivity contribution in [3.63, 3.8) is 0 Å². The Bertz CT molecular complexity index is 1320. The number of carbonyl (C=O) groups excluding carboxylic acids is 2. The minimum Gasteiger partial charge on any atom is -0.469 e. The number of benzene rings is 4. The molecule has 6 nitrogen and oxygen atoms in total. The molecule has 1 saturated heterocycles. The fourth-order valence-corrected chi connectivity index (χ4v) is 11.9. The molecule has 4 atom stereocenters. The Hall–Kier alpha value is -3.40. The normalized spacial score (nSPS) is 18.8. The van der Waals surface area contributed by atoms with Crippen LogP contribution < -0.4 is 21.2 Å². The molecule has 5 rings (SSSR count). The zero-order chi connectivity index (χ0) is 31.8. The Morgan fingerprint density at radius 1 is 0.578 bits per heavy atom. The molecule has 234 valence electrons. The maximum atomic E-state index is 13.2. The van der Waals surface area contributed by atoms with Gasteiger partial charge in [-0.15, -0.1) is 0 Å². The van der Waals surface area contributed by atoms with Gasteiger partial charge in [0, 0.05) is 11.3 Å². The van der Waals surface area contributed by atoms with Gasteiger partial charge in [-0.1, -0.05) is 121 Å². The third-order valence-electron chi connectivity index (χ3n) is 7.93. The van der Waals surface area contributed by atoms with Crippen molar-refractivity contribution < 1.29 is 28.5 Å². The van der Waals surface area contributed by atoms with E-state index in [2.05, 4.69) is 48.5 Å². The van der Waals surface area contributed by atoms with Gasteiger partial charge >= 0.3 is 11.9 Å². The fourth-order valence-electron chi connectivity index (χ4n) is 6.05. The van der Waals surface area contributed by atoms with Crippen molar-refractivity contribution in [2.45, 2.75) is 56.0 Å². The predicted octanol–water partition coefficient (Wildman–Crippen LogP) is 5.64. The Balaban J connectivity index is 1.70. The smallest absolute Gasteiger partial charge is 0.306 e. The lowest BCUT2D eigenvalue weighted by atomic mass is 10.0. The minimum absolute atomic E-state index is 0.131. The van der Waals surface area contributed by atoms with Crippen LogP contribution in [0, 0.1) is 0 Å². The molecular weight excluding hydrogens is 602 g/mol. The highest BCUT2D eigenvalue weighted by Gasteiger charge is 2.53. The van der Waals surface area contributed by atoms with Crippen LogP contribution in [0.25, 0.3) is 0 Å². The van der Waals surface area contributed by atoms with Gasteiger partial charge in [0.2, 0.25) is 0 Å². The van der Waals surface area contributed by atoms with Crippen molar-refractivity contribution in [3.8, 4) is 0 Å². The Morgan fingerprint density at radius 3 is 1.09 bits per heavy atom. The molecule has 0 N–H and O–H groups in total. The van der Waals surface area contributed by atoms with E-state index in [-0.39, 0.29) is 36.1 Å². The van der Waals surface area contributed by atoms with Gasteiger partial charge in [-0.05, 0) is 50.9 Å². The third-order valence-corrected chi connectivity index (χ3v) is 13.6. The number of esters is 2. The first-order valence-corrected chi connectivity index (χ1v) is 17.9. The largest absolute Gasteiger partial charge is 0.469 e. The van der Waals surface area contributed by atoms with E-state index < -0.39 is 33.8 Å². The molecule has 0 saturated carbocycles. The molecule has 0 unspecified atom stereocenters. The van der Waals surface area contributed by atoms with E-state index >= 15 is 0 Å². The highest BCUT2D eigenvalue weighted by molar-refractivity contribution is 7.74. The molecular formula is C37H40O6P2. The number of ether oxygens (including phenoxy) is 4. The lowest BCUT2D eigenvalue weighted by Gasteiger charge is -2.38. The molecule has 1 aliphatic heterocycles. The molecule has 4 aromatic rings. The van der Waals surface area contributed by atoms with Crippen molar-refractivity contribution in [2.24, 2.45) is 0 Å². The molecule has 0 aromatic heterocycles. The predicted molar refractivity (Wildman–Crippen MR) is 183 cm³/mol. The Kier molecular flexibility index (Phi) is 11.2. The molecule has 45 heavy (non-hydrogen) atoms. The van der Waals surface area contributed by atoms with Crippen LogP contribution >= 0.6 is 15.8 Å². The first kappa shape index (κ1) is 33.0. The monoisotopic (exact) mass is 642 g/mol. The maximum Gasteiger partial charge on any atom is 0.306 e. The van der Waals surface area contributed by atoms with E-state index in [9.17, 15) is 9.59 Å². The second kappa shape index (κ2) is 15.3. The Labute approximate surface area is 268 Å². The molecule has 0 bridgehead atoms. The van der Waals surface area contributed by atoms with Gasteiger partial charge in [0.15, 0.2) is 5.79 Å². The summed E-state index contributed by atoms with van der Waals surface area (Å²) >= 11 is 0. The lowest BCUT2D eigenvalue weighted by Crippen LogP contribution is -2.46. The molecule has 1 heterocycles. The lowest BCUT2D eigenvalue weighted by molar-refractivity contribution is -0.151. The second-order valence-corrected chi connectivity index (χ2v) is 16.2. The summed E-state index contributed by atoms with van der Waals surface area (Å²) in [6.45, 7) is 3.82. The van der Waals surface area contributed by atoms with E-state index in [1.807, 2.05) is 86.6 Å². The van der Waals surface area contributed by atoms with Crippen molar-refractivity contribution in [3.05, 3.63) is 121 Å². The van der Waals surface area contributed by atoms with Gasteiger partial charge in [0.25, 0.3) is 0 Å². The standard InChI is InChI=1S/C37H40O6P2/c1-37(2)42-35(31(25-33(38)40-3)44(27-17-9-5-10-18-27)28-19-11-6-12-20-28)36(43-37)32(26-34(39)41-4)45(29-21-13-7-14-22-29)30-23-15-8-16-24-30/h5-24,31-32,35-36H,25-26H2,1-4H3/t31-,32+,35-,36-/m1/s1. The van der Waals surface area contributed by atoms with E-state index in [0.717, 1.165) is 21.2 Å². The van der Waals surface area contributed by atoms with Gasteiger partial charge in [0.05, 0.1) is 39.3 Å². The third kappa shape index (κ3) is 8.07. The second-order valence-electron chi connectivity index (χ2n) is 11.3. The SMILES string of the molecule is COC(=O)C[C@H]([C@H]1OC(C)(C)O[C@@H]1[C@H](CC(=O)OC)P(c1ccccc1)c1ccccc1)P(c1ccccc1)c1ccccc1. The van der Waals surface area contributed by atoms with Crippen molar-refractivity contribution in [1.82, 2.24) is 0 Å². The summed E-state index contributed by atoms with van der Waals surface area (Å²) in [5.74, 6) is -1.59. The summed E-state index contributed by atoms with van der Waals surface area (Å²) < 4.78 is 24.3. The summed E-state index contributed by atoms with van der Waals surface area (Å²) in [6.07, 6.45) is -0.798. The zero-order valence-electron chi connectivity index (χ0n) is 26.1. The van der Waals surface area contributed by atoms with Gasteiger partial charge in [-0.25, -0.2) is 0 Å². The van der Waals surface area contributed by atoms with Gasteiger partial charge in [-0.3, -0.25) is 9.59 Å². The van der Waals surface area contributed by atoms with Crippen molar-refractivity contribution in [2.75, 3.05) is 14.2 Å². The maximum absolute atomic E-state index is 13.2. The highest BCUT2D eigenvalue weighted by Crippen LogP contribution is 2.53. The first-order valence-electron chi connectivity index (χ1n) is 15.1. The minimum atomic E-state index is -1.12. The molecule has 1 fully saturated rings. The Morgan fingerprint density at radius 2 is 0.844 bits per heavy atom. The van der Waals surface area contributed by atoms with E-state index in [1.54, 1.807) is 0 Å². The van der Waals surface area contributed by atoms with Gasteiger partial charge < -0.3 is 18.9 Å². The average molecular weight is 643 g/mol. The van der Waals surface area contributed by atoms with Crippen LogP contribution in [-0.4, -0.2) is 55.5 Å². The van der Waals surface area contributed by atoms with E-state index in [0.29, 0.717) is 0 Å². The van der Waals surface area contributed by atoms with Gasteiger partial charge in [-0.2, -0.15) is 0 Å². The first-order chi connectivity index (χ1) is 21.8. The van der Waals surface area contributed by atoms with Crippen molar-refractivity contribution in [1.29, 1.82) is 0 Å². The van der Waals surface area contributed by atoms with Crippen molar-refractivity contribution >= 4 is 49.0 Å². The van der Waals surface area contributed by atoms with Gasteiger partial charge in [0.1, 0.15) is 0 Å². The van der Waals surface area contributed by atoms with Crippen LogP contribution in [0.2, 0.25) is 0 Å². The van der Waals surface area contributed by atoms with Crippen LogP contribution in [0.5, 0.6) is 0 Å². The quantitative estimate of drug-likeness (QED) is 0.147. The van der Waals surface area contributed by atoms with E-state index in [4.69, 9.17) is 18.9 Å². The average Bonchev–Trinajstić information content (AvgIpc) is 3.40. The zero-order valence-corrected chi connectivity index (χ0v) is 27.9. The molecule has 0 spiro atoms. The highest BCUT2D eigenvalue weighted by atomic mass is 31.1. The summed E-state index contributed by atoms with van der Waals surface area (Å²) in [6, 6.07) is 41.2. The number of hydrogen-bond donors (Lipinski definition) is 0. The van der Waals surface area contributed by atoms with Crippen LogP contribution in [-0.2, 0) is 28.5 Å². The number of methoxy groups -OCH3 is 2. The van der Waals surface area contributed by atoms with Crippen LogP contribution in [0.4, 0.5) is 0 Å². The van der Waals surface area contributed by atoms with Crippen LogP contribution in [0.15, 0.2) is 121 Å². The molecule has 0 amide bonds. The van der Waals surface area contributed by atoms with E-state index in [1.165, 1.54) is 14.2 Å². The summed E-state index contributed by atoms with van der Waals surface area (Å²) in [7, 11) is 0.596. The number of carbonyl (C=O) groups is 2. The summed E-state index contributed by atoms with van der Waals surface area (Å²) in [5, 5.41) is 4.49. The molecule has 4 aromatic carbocycles. The summed E-state index contributed by atoms with van der Waals surface area (Å²) in [4.78, 5) is 26.4. The fraction of sp³-hybridized carbons (Fsp3) is 0.297. The number of hydrogen-bond acceptors (Lipinski definition) is 6. The topological polar surface area (TPSA) is 71.1 Å². The van der Waals surface area contributed by atoms with Crippen LogP contribution in [0.3, 0.4) is 0 Å². The summed E-state index contributed by atoms with van der Waals surface area (Å²) in [5.41, 5.74) is -0.625.